The Bertz CT molecular complexity index is 1840. The number of esters is 4. The van der Waals surface area contributed by atoms with E-state index >= 15 is 0 Å². The number of hydrogen-bond donors (Lipinski definition) is 3. The third-order valence-electron chi connectivity index (χ3n) is 17.8. The first-order valence-corrected chi connectivity index (χ1v) is 41.3. The van der Waals surface area contributed by atoms with Crippen molar-refractivity contribution in [2.75, 3.05) is 39.6 Å². The molecule has 0 aromatic carbocycles. The predicted octanol–water partition coefficient (Wildman–Crippen LogP) is 21.3. The van der Waals surface area contributed by atoms with Gasteiger partial charge in [-0.3, -0.25) is 37.3 Å². The highest BCUT2D eigenvalue weighted by molar-refractivity contribution is 7.47. The van der Waals surface area contributed by atoms with E-state index in [4.69, 9.17) is 37.0 Å². The molecule has 93 heavy (non-hydrogen) atoms. The van der Waals surface area contributed by atoms with E-state index < -0.39 is 97.5 Å². The molecular formula is C74H144O17P2. The van der Waals surface area contributed by atoms with Gasteiger partial charge in [0.25, 0.3) is 0 Å². The summed E-state index contributed by atoms with van der Waals surface area (Å²) in [6.07, 6.45) is 47.4. The summed E-state index contributed by atoms with van der Waals surface area (Å²) >= 11 is 0. The van der Waals surface area contributed by atoms with Crippen molar-refractivity contribution in [3.05, 3.63) is 0 Å². The van der Waals surface area contributed by atoms with Crippen molar-refractivity contribution < 1.29 is 80.2 Å². The minimum atomic E-state index is -4.96. The van der Waals surface area contributed by atoms with E-state index in [9.17, 15) is 43.2 Å². The molecule has 0 saturated heterocycles. The Morgan fingerprint density at radius 2 is 0.516 bits per heavy atom. The van der Waals surface area contributed by atoms with Crippen LogP contribution in [-0.2, 0) is 65.4 Å². The van der Waals surface area contributed by atoms with Crippen LogP contribution in [0, 0.1) is 23.7 Å². The molecule has 0 bridgehead atoms. The van der Waals surface area contributed by atoms with Crippen LogP contribution >= 0.6 is 15.6 Å². The van der Waals surface area contributed by atoms with Crippen LogP contribution in [0.15, 0.2) is 0 Å². The molecule has 5 unspecified atom stereocenters. The molecule has 0 rings (SSSR count). The van der Waals surface area contributed by atoms with Gasteiger partial charge in [0.05, 0.1) is 26.4 Å². The third kappa shape index (κ3) is 65.8. The van der Waals surface area contributed by atoms with Crippen LogP contribution < -0.4 is 0 Å². The van der Waals surface area contributed by atoms with Crippen molar-refractivity contribution in [1.82, 2.24) is 0 Å². The van der Waals surface area contributed by atoms with Gasteiger partial charge in [-0.2, -0.15) is 0 Å². The number of aliphatic hydroxyl groups is 1. The first-order chi connectivity index (χ1) is 44.7. The highest BCUT2D eigenvalue weighted by Gasteiger charge is 2.30. The molecule has 3 N–H and O–H groups in total. The minimum absolute atomic E-state index is 0.102. The molecule has 0 heterocycles. The average molecular weight is 1370 g/mol. The van der Waals surface area contributed by atoms with E-state index in [0.29, 0.717) is 31.6 Å². The Labute approximate surface area is 568 Å². The fourth-order valence-corrected chi connectivity index (χ4v) is 12.7. The molecule has 0 aliphatic carbocycles. The molecule has 0 aliphatic heterocycles. The molecule has 0 spiro atoms. The topological polar surface area (TPSA) is 237 Å². The van der Waals surface area contributed by atoms with Crippen LogP contribution in [0.3, 0.4) is 0 Å². The molecule has 19 heteroatoms. The number of aliphatic hydroxyl groups excluding tert-OH is 1. The third-order valence-corrected chi connectivity index (χ3v) is 19.7. The Morgan fingerprint density at radius 3 is 0.763 bits per heavy atom. The fraction of sp³-hybridized carbons (Fsp3) is 0.946. The lowest BCUT2D eigenvalue weighted by molar-refractivity contribution is -0.161. The van der Waals surface area contributed by atoms with E-state index in [1.165, 1.54) is 167 Å². The Balaban J connectivity index is 5.17. The van der Waals surface area contributed by atoms with Gasteiger partial charge in [0.15, 0.2) is 12.2 Å². The Morgan fingerprint density at radius 1 is 0.301 bits per heavy atom. The summed E-state index contributed by atoms with van der Waals surface area (Å²) in [7, 11) is -9.91. The average Bonchev–Trinajstić information content (AvgIpc) is 2.57. The lowest BCUT2D eigenvalue weighted by Crippen LogP contribution is -2.30. The number of hydrogen-bond acceptors (Lipinski definition) is 15. The van der Waals surface area contributed by atoms with Crippen molar-refractivity contribution in [1.29, 1.82) is 0 Å². The van der Waals surface area contributed by atoms with E-state index in [-0.39, 0.29) is 25.7 Å². The molecule has 552 valence electrons. The number of ether oxygens (including phenoxy) is 4. The summed E-state index contributed by atoms with van der Waals surface area (Å²) in [4.78, 5) is 72.6. The summed E-state index contributed by atoms with van der Waals surface area (Å²) in [5.41, 5.74) is 0. The maximum Gasteiger partial charge on any atom is 0.472 e. The smallest absolute Gasteiger partial charge is 0.462 e. The molecule has 0 amide bonds. The zero-order valence-corrected chi connectivity index (χ0v) is 62.7. The second kappa shape index (κ2) is 63.5. The monoisotopic (exact) mass is 1370 g/mol. The number of rotatable bonds is 71. The van der Waals surface area contributed by atoms with Crippen LogP contribution in [0.1, 0.15) is 370 Å². The standard InChI is InChI=1S/C74H144O17P2/c1-9-66(7)52-44-36-28-23-24-29-38-46-54-71(76)84-61-70(91-74(79)57-49-41-33-32-37-45-53-67(8)10-2)63-89-93(82,83)87-59-68(75)58-86-92(80,81)88-62-69(60-85-72(77)55-47-39-31-25-27-35-43-51-65(5)6)90-73(78)56-48-40-30-22-20-18-16-14-12-11-13-15-17-19-21-26-34-42-50-64(3)4/h64-70,75H,9-63H2,1-8H3,(H,80,81)(H,82,83)/t66?,67?,68?,69-,70-/m1/s1. The van der Waals surface area contributed by atoms with Crippen LogP contribution in [0.5, 0.6) is 0 Å². The van der Waals surface area contributed by atoms with Crippen LogP contribution in [0.25, 0.3) is 0 Å². The Kier molecular flexibility index (Phi) is 62.2. The van der Waals surface area contributed by atoms with Gasteiger partial charge in [-0.25, -0.2) is 9.13 Å². The molecule has 0 radical (unpaired) electrons. The molecule has 17 nitrogen and oxygen atoms in total. The predicted molar refractivity (Wildman–Crippen MR) is 377 cm³/mol. The van der Waals surface area contributed by atoms with Crippen molar-refractivity contribution in [2.24, 2.45) is 23.7 Å². The maximum absolute atomic E-state index is 13.0. The highest BCUT2D eigenvalue weighted by atomic mass is 31.2. The molecule has 0 aromatic heterocycles. The number of carbonyl (C=O) groups excluding carboxylic acids is 4. The molecule has 0 aromatic rings. The van der Waals surface area contributed by atoms with E-state index in [0.717, 1.165) is 114 Å². The zero-order valence-electron chi connectivity index (χ0n) is 60.9. The zero-order chi connectivity index (χ0) is 68.9. The molecule has 0 aliphatic rings. The number of carbonyl (C=O) groups is 4. The summed E-state index contributed by atoms with van der Waals surface area (Å²) in [5.74, 6) is 0.894. The molecular weight excluding hydrogens is 1220 g/mol. The lowest BCUT2D eigenvalue weighted by Gasteiger charge is -2.21. The SMILES string of the molecule is CCC(C)CCCCCCCCCCC(=O)OC[C@H](COP(=O)(O)OCC(O)COP(=O)(O)OC[C@@H](COC(=O)CCCCCCCCCC(C)C)OC(=O)CCCCCCCCCCCCCCCCCCCCC(C)C)OC(=O)CCCCCCCCC(C)CC. The first kappa shape index (κ1) is 91.1. The van der Waals surface area contributed by atoms with Crippen LogP contribution in [0.4, 0.5) is 0 Å². The van der Waals surface area contributed by atoms with Crippen molar-refractivity contribution >= 4 is 39.5 Å². The number of unbranched alkanes of at least 4 members (excludes halogenated alkanes) is 35. The quantitative estimate of drug-likeness (QED) is 0.0222. The normalized spacial score (nSPS) is 14.8. The van der Waals surface area contributed by atoms with Gasteiger partial charge in [0.2, 0.25) is 0 Å². The van der Waals surface area contributed by atoms with Gasteiger partial charge < -0.3 is 33.8 Å². The van der Waals surface area contributed by atoms with Crippen molar-refractivity contribution in [3.63, 3.8) is 0 Å². The number of phosphoric ester groups is 2. The minimum Gasteiger partial charge on any atom is -0.462 e. The van der Waals surface area contributed by atoms with Crippen LogP contribution in [0.2, 0.25) is 0 Å². The molecule has 7 atom stereocenters. The summed E-state index contributed by atoms with van der Waals surface area (Å²) in [5, 5.41) is 10.6. The second-order valence-electron chi connectivity index (χ2n) is 28.1. The summed E-state index contributed by atoms with van der Waals surface area (Å²) < 4.78 is 68.4. The second-order valence-corrected chi connectivity index (χ2v) is 31.0. The van der Waals surface area contributed by atoms with Gasteiger partial charge in [0.1, 0.15) is 19.3 Å². The molecule has 0 fully saturated rings. The number of phosphoric acid groups is 2. The lowest BCUT2D eigenvalue weighted by atomic mass is 9.99. The molecule has 0 saturated carbocycles. The van der Waals surface area contributed by atoms with E-state index in [1.54, 1.807) is 0 Å². The highest BCUT2D eigenvalue weighted by Crippen LogP contribution is 2.45. The van der Waals surface area contributed by atoms with Gasteiger partial charge in [-0.1, -0.05) is 319 Å². The van der Waals surface area contributed by atoms with E-state index in [2.05, 4.69) is 55.4 Å². The van der Waals surface area contributed by atoms with Gasteiger partial charge >= 0.3 is 39.5 Å². The van der Waals surface area contributed by atoms with Gasteiger partial charge in [0, 0.05) is 25.7 Å². The van der Waals surface area contributed by atoms with Crippen molar-refractivity contribution in [3.8, 4) is 0 Å². The van der Waals surface area contributed by atoms with E-state index in [1.807, 2.05) is 0 Å². The summed E-state index contributed by atoms with van der Waals surface area (Å²) in [6.45, 7) is 14.1. The van der Waals surface area contributed by atoms with Gasteiger partial charge in [-0.05, 0) is 49.4 Å². The largest absolute Gasteiger partial charge is 0.472 e. The Hall–Kier alpha value is -1.94. The van der Waals surface area contributed by atoms with Crippen LogP contribution in [-0.4, -0.2) is 96.7 Å². The van der Waals surface area contributed by atoms with Crippen molar-refractivity contribution in [2.45, 2.75) is 388 Å². The first-order valence-electron chi connectivity index (χ1n) is 38.3. The fourth-order valence-electron chi connectivity index (χ4n) is 11.1. The maximum atomic E-state index is 13.0. The van der Waals surface area contributed by atoms with Gasteiger partial charge in [-0.15, -0.1) is 0 Å². The summed E-state index contributed by atoms with van der Waals surface area (Å²) in [6, 6.07) is 0.